The Morgan fingerprint density at radius 2 is 2.14 bits per heavy atom. The van der Waals surface area contributed by atoms with Gasteiger partial charge in [-0.1, -0.05) is 18.2 Å². The quantitative estimate of drug-likeness (QED) is 0.864. The van der Waals surface area contributed by atoms with Crippen LogP contribution in [0.5, 0.6) is 0 Å². The van der Waals surface area contributed by atoms with E-state index < -0.39 is 5.97 Å². The average Bonchev–Trinajstić information content (AvgIpc) is 2.98. The fraction of sp³-hybridized carbons (Fsp3) is 0.471. The van der Waals surface area contributed by atoms with Crippen LogP contribution in [-0.2, 0) is 4.74 Å². The number of carbonyl (C=O) groups is 1. The molecule has 4 rings (SSSR count). The van der Waals surface area contributed by atoms with Gasteiger partial charge in [-0.2, -0.15) is 0 Å². The Morgan fingerprint density at radius 1 is 1.38 bits per heavy atom. The Labute approximate surface area is 129 Å². The minimum Gasteiger partial charge on any atom is -0.459 e. The number of para-hydroxylation sites is 1. The molecular formula is C17H20N2O2. The number of hydrogen-bond acceptors (Lipinski definition) is 3. The summed E-state index contributed by atoms with van der Waals surface area (Å²) in [6, 6.07) is 1.81. The van der Waals surface area contributed by atoms with E-state index in [1.165, 1.54) is 6.07 Å². The molecule has 2 aliphatic heterocycles. The molecule has 1 aromatic carbocycles. The van der Waals surface area contributed by atoms with Crippen LogP contribution in [0.4, 0.5) is 0 Å². The van der Waals surface area contributed by atoms with Gasteiger partial charge in [-0.05, 0) is 25.9 Å². The van der Waals surface area contributed by atoms with Crippen LogP contribution in [0.25, 0.3) is 10.9 Å². The average molecular weight is 288 g/mol. The number of nitrogens with zero attached hydrogens (tertiary/aromatic N) is 1. The zero-order valence-corrected chi connectivity index (χ0v) is 11.9. The van der Waals surface area contributed by atoms with Gasteiger partial charge in [0, 0.05) is 42.0 Å². The number of H-pyrrole nitrogens is 1. The highest BCUT2D eigenvalue weighted by atomic mass is 16.5. The Kier molecular flexibility index (Phi) is 2.15. The molecule has 2 aromatic rings. The highest BCUT2D eigenvalue weighted by Gasteiger charge is 2.40. The molecule has 3 heterocycles. The van der Waals surface area contributed by atoms with Crippen molar-refractivity contribution < 1.29 is 15.0 Å². The molecule has 1 unspecified atom stereocenters. The first-order chi connectivity index (χ1) is 11.9. The lowest BCUT2D eigenvalue weighted by molar-refractivity contribution is -0.000258. The van der Waals surface area contributed by atoms with Crippen LogP contribution in [0, 0.1) is 0 Å². The predicted octanol–water partition coefficient (Wildman–Crippen LogP) is 2.95. The standard InChI is InChI=1S/C17H20N2O2/c1-19-11-6-7-12(19)9-13(8-11)21-17(20)15-10-18-16-5-3-2-4-14(15)16/h2-5,10-13,18H,6-9H2,1H3/t11-,12+,13?/i2D,4D,5D,10D. The lowest BCUT2D eigenvalue weighted by Gasteiger charge is -2.35. The molecule has 0 amide bonds. The minimum atomic E-state index is -0.635. The van der Waals surface area contributed by atoms with Gasteiger partial charge < -0.3 is 14.6 Å². The summed E-state index contributed by atoms with van der Waals surface area (Å²) in [6.07, 6.45) is 3.46. The van der Waals surface area contributed by atoms with Gasteiger partial charge in [0.05, 0.1) is 11.0 Å². The second kappa shape index (κ2) is 4.88. The number of aromatic amines is 1. The van der Waals surface area contributed by atoms with E-state index in [9.17, 15) is 4.79 Å². The van der Waals surface area contributed by atoms with Crippen LogP contribution in [0.1, 0.15) is 41.5 Å². The molecule has 110 valence electrons. The van der Waals surface area contributed by atoms with Crippen molar-refractivity contribution in [2.45, 2.75) is 43.9 Å². The van der Waals surface area contributed by atoms with Crippen molar-refractivity contribution in [3.63, 3.8) is 0 Å². The second-order valence-corrected chi connectivity index (χ2v) is 5.98. The van der Waals surface area contributed by atoms with Crippen molar-refractivity contribution in [3.8, 4) is 0 Å². The van der Waals surface area contributed by atoms with Crippen LogP contribution in [-0.4, -0.2) is 41.1 Å². The third-order valence-electron chi connectivity index (χ3n) is 4.83. The number of benzene rings is 1. The van der Waals surface area contributed by atoms with Gasteiger partial charge in [0.15, 0.2) is 0 Å². The summed E-state index contributed by atoms with van der Waals surface area (Å²) in [5.74, 6) is -0.635. The maximum absolute atomic E-state index is 12.7. The fourth-order valence-corrected chi connectivity index (χ4v) is 3.65. The van der Waals surface area contributed by atoms with Crippen molar-refractivity contribution in [2.24, 2.45) is 0 Å². The van der Waals surface area contributed by atoms with Crippen molar-refractivity contribution >= 4 is 16.9 Å². The highest BCUT2D eigenvalue weighted by Crippen LogP contribution is 2.35. The lowest BCUT2D eigenvalue weighted by atomic mass is 10.0. The molecule has 2 saturated heterocycles. The zero-order valence-electron chi connectivity index (χ0n) is 15.9. The van der Waals surface area contributed by atoms with Crippen LogP contribution in [0.2, 0.25) is 0 Å². The van der Waals surface area contributed by atoms with E-state index in [0.29, 0.717) is 12.1 Å². The Balaban J connectivity index is 1.66. The molecule has 21 heavy (non-hydrogen) atoms. The number of piperidine rings is 1. The van der Waals surface area contributed by atoms with E-state index in [1.54, 1.807) is 0 Å². The maximum atomic E-state index is 12.7. The minimum absolute atomic E-state index is 0.000820. The van der Waals surface area contributed by atoms with Gasteiger partial charge in [-0.15, -0.1) is 0 Å². The molecule has 0 aliphatic carbocycles. The molecule has 2 bridgehead atoms. The molecule has 0 radical (unpaired) electrons. The van der Waals surface area contributed by atoms with E-state index in [1.807, 2.05) is 0 Å². The van der Waals surface area contributed by atoms with Crippen molar-refractivity contribution in [1.82, 2.24) is 9.88 Å². The Bertz CT molecular complexity index is 852. The monoisotopic (exact) mass is 288 g/mol. The number of hydrogen-bond donors (Lipinski definition) is 1. The molecular weight excluding hydrogens is 264 g/mol. The van der Waals surface area contributed by atoms with E-state index in [2.05, 4.69) is 16.9 Å². The van der Waals surface area contributed by atoms with Crippen LogP contribution >= 0.6 is 0 Å². The lowest BCUT2D eigenvalue weighted by Crippen LogP contribution is -2.43. The predicted molar refractivity (Wildman–Crippen MR) is 81.3 cm³/mol. The van der Waals surface area contributed by atoms with E-state index in [0.717, 1.165) is 25.7 Å². The molecule has 4 heteroatoms. The van der Waals surface area contributed by atoms with Crippen molar-refractivity contribution in [3.05, 3.63) is 35.9 Å². The number of fused-ring (bicyclic) bond motifs is 3. The van der Waals surface area contributed by atoms with E-state index in [-0.39, 0.29) is 46.9 Å². The first-order valence-electron chi connectivity index (χ1n) is 9.38. The number of nitrogens with one attached hydrogen (secondary N) is 1. The summed E-state index contributed by atoms with van der Waals surface area (Å²) in [5, 5.41) is 0.142. The normalized spacial score (nSPS) is 31.6. The topological polar surface area (TPSA) is 45.3 Å². The number of ether oxygens (including phenoxy) is 1. The Morgan fingerprint density at radius 3 is 2.90 bits per heavy atom. The molecule has 4 nitrogen and oxygen atoms in total. The van der Waals surface area contributed by atoms with E-state index >= 15 is 0 Å². The summed E-state index contributed by atoms with van der Waals surface area (Å²) < 4.78 is 37.5. The molecule has 1 aromatic heterocycles. The van der Waals surface area contributed by atoms with Gasteiger partial charge in [-0.3, -0.25) is 0 Å². The number of aromatic nitrogens is 1. The molecule has 2 aliphatic rings. The largest absolute Gasteiger partial charge is 0.459 e. The molecule has 0 spiro atoms. The highest BCUT2D eigenvalue weighted by molar-refractivity contribution is 6.04. The van der Waals surface area contributed by atoms with Crippen LogP contribution in [0.15, 0.2) is 30.4 Å². The number of rotatable bonds is 2. The third-order valence-corrected chi connectivity index (χ3v) is 4.83. The van der Waals surface area contributed by atoms with Gasteiger partial charge in [0.2, 0.25) is 0 Å². The Hall–Kier alpha value is -1.81. The summed E-state index contributed by atoms with van der Waals surface area (Å²) in [4.78, 5) is 17.8. The van der Waals surface area contributed by atoms with Gasteiger partial charge in [-0.25, -0.2) is 4.79 Å². The number of carbonyl (C=O) groups excluding carboxylic acids is 1. The molecule has 1 N–H and O–H groups in total. The fourth-order valence-electron chi connectivity index (χ4n) is 3.65. The maximum Gasteiger partial charge on any atom is 0.340 e. The SMILES string of the molecule is [2H]c1cc([2H])c2[nH]c([2H])c(C(=O)OC3C[C@H]4CC[C@@H](C3)N4C)c2c1[2H]. The first kappa shape index (κ1) is 9.26. The van der Waals surface area contributed by atoms with Gasteiger partial charge >= 0.3 is 5.97 Å². The van der Waals surface area contributed by atoms with Crippen LogP contribution < -0.4 is 0 Å². The van der Waals surface area contributed by atoms with Gasteiger partial charge in [0.25, 0.3) is 0 Å². The summed E-state index contributed by atoms with van der Waals surface area (Å²) >= 11 is 0. The summed E-state index contributed by atoms with van der Waals surface area (Å²) in [7, 11) is 2.11. The van der Waals surface area contributed by atoms with Crippen LogP contribution in [0.3, 0.4) is 0 Å². The first-order valence-corrected chi connectivity index (χ1v) is 7.38. The van der Waals surface area contributed by atoms with Gasteiger partial charge in [0.1, 0.15) is 6.10 Å². The molecule has 3 atom stereocenters. The summed E-state index contributed by atoms with van der Waals surface area (Å²) in [6.45, 7) is 0. The van der Waals surface area contributed by atoms with E-state index in [4.69, 9.17) is 10.2 Å². The van der Waals surface area contributed by atoms with Crippen molar-refractivity contribution in [2.75, 3.05) is 7.05 Å². The third kappa shape index (κ3) is 2.14. The smallest absolute Gasteiger partial charge is 0.340 e. The zero-order chi connectivity index (χ0) is 17.9. The van der Waals surface area contributed by atoms with Crippen molar-refractivity contribution in [1.29, 1.82) is 0 Å². The molecule has 0 saturated carbocycles. The second-order valence-electron chi connectivity index (χ2n) is 5.98. The summed E-state index contributed by atoms with van der Waals surface area (Å²) in [5.41, 5.74) is 0.204. The molecule has 2 fully saturated rings. The number of esters is 1.